The van der Waals surface area contributed by atoms with Crippen LogP contribution in [0, 0.1) is 5.41 Å². The number of benzene rings is 1. The van der Waals surface area contributed by atoms with Crippen molar-refractivity contribution >= 4 is 11.9 Å². The fourth-order valence-corrected chi connectivity index (χ4v) is 3.68. The number of nitrogens with one attached hydrogen (secondary N) is 1. The van der Waals surface area contributed by atoms with Gasteiger partial charge in [-0.3, -0.25) is 4.79 Å². The van der Waals surface area contributed by atoms with Crippen LogP contribution in [0.4, 0.5) is 0 Å². The van der Waals surface area contributed by atoms with Gasteiger partial charge in [-0.05, 0) is 44.4 Å². The normalized spacial score (nSPS) is 25.1. The van der Waals surface area contributed by atoms with Gasteiger partial charge in [-0.15, -0.1) is 0 Å². The molecule has 2 unspecified atom stereocenters. The Labute approximate surface area is 129 Å². The number of carboxylic acids is 1. The van der Waals surface area contributed by atoms with Crippen LogP contribution in [-0.4, -0.2) is 35.7 Å². The summed E-state index contributed by atoms with van der Waals surface area (Å²) in [4.78, 5) is 23.4. The average molecular weight is 303 g/mol. The Morgan fingerprint density at radius 2 is 2.09 bits per heavy atom. The summed E-state index contributed by atoms with van der Waals surface area (Å²) in [6.07, 6.45) is 4.47. The lowest BCUT2D eigenvalue weighted by Crippen LogP contribution is -2.67. The van der Waals surface area contributed by atoms with Gasteiger partial charge in [0.25, 0.3) is 5.91 Å². The molecule has 5 nitrogen and oxygen atoms in total. The van der Waals surface area contributed by atoms with Crippen LogP contribution in [0.5, 0.6) is 0 Å². The lowest BCUT2D eigenvalue weighted by atomic mass is 9.51. The van der Waals surface area contributed by atoms with E-state index in [4.69, 9.17) is 9.84 Å². The van der Waals surface area contributed by atoms with Crippen LogP contribution in [0.1, 0.15) is 53.3 Å². The van der Waals surface area contributed by atoms with E-state index in [9.17, 15) is 9.59 Å². The molecule has 0 heterocycles. The van der Waals surface area contributed by atoms with Crippen LogP contribution in [0.3, 0.4) is 0 Å². The van der Waals surface area contributed by atoms with Gasteiger partial charge in [-0.1, -0.05) is 12.5 Å². The van der Waals surface area contributed by atoms with E-state index in [2.05, 4.69) is 5.32 Å². The Kier molecular flexibility index (Phi) is 3.91. The number of aromatic carboxylic acids is 1. The molecule has 2 fully saturated rings. The van der Waals surface area contributed by atoms with Crippen molar-refractivity contribution in [1.29, 1.82) is 0 Å². The maximum atomic E-state index is 12.4. The zero-order valence-electron chi connectivity index (χ0n) is 12.7. The highest BCUT2D eigenvalue weighted by Gasteiger charge is 2.59. The summed E-state index contributed by atoms with van der Waals surface area (Å²) in [6, 6.07) is 6.29. The van der Waals surface area contributed by atoms with Crippen molar-refractivity contribution in [3.63, 3.8) is 0 Å². The molecule has 2 aliphatic carbocycles. The van der Waals surface area contributed by atoms with Crippen molar-refractivity contribution in [2.75, 3.05) is 6.61 Å². The number of hydrogen-bond acceptors (Lipinski definition) is 3. The highest BCUT2D eigenvalue weighted by Crippen LogP contribution is 2.57. The first-order chi connectivity index (χ1) is 10.6. The van der Waals surface area contributed by atoms with E-state index in [0.29, 0.717) is 12.2 Å². The molecule has 3 rings (SSSR count). The summed E-state index contributed by atoms with van der Waals surface area (Å²) in [5, 5.41) is 12.1. The number of hydrogen-bond donors (Lipinski definition) is 2. The van der Waals surface area contributed by atoms with Crippen molar-refractivity contribution in [2.45, 2.75) is 44.8 Å². The number of amides is 1. The van der Waals surface area contributed by atoms with Gasteiger partial charge >= 0.3 is 5.97 Å². The minimum Gasteiger partial charge on any atom is -0.478 e. The molecule has 0 bridgehead atoms. The van der Waals surface area contributed by atoms with Crippen LogP contribution in [0.2, 0.25) is 0 Å². The summed E-state index contributed by atoms with van der Waals surface area (Å²) in [5.74, 6) is -1.22. The molecule has 22 heavy (non-hydrogen) atoms. The number of carbonyl (C=O) groups is 2. The van der Waals surface area contributed by atoms with Gasteiger partial charge in [0, 0.05) is 23.6 Å². The van der Waals surface area contributed by atoms with Crippen LogP contribution >= 0.6 is 0 Å². The Morgan fingerprint density at radius 3 is 2.68 bits per heavy atom. The zero-order chi connectivity index (χ0) is 15.7. The highest BCUT2D eigenvalue weighted by molar-refractivity contribution is 5.97. The Bertz CT molecular complexity index is 594. The number of carboxylic acid groups (broad SMARTS) is 1. The van der Waals surface area contributed by atoms with E-state index < -0.39 is 5.97 Å². The molecule has 1 aromatic carbocycles. The van der Waals surface area contributed by atoms with Crippen molar-refractivity contribution in [3.8, 4) is 0 Å². The van der Waals surface area contributed by atoms with Gasteiger partial charge in [0.15, 0.2) is 0 Å². The summed E-state index contributed by atoms with van der Waals surface area (Å²) >= 11 is 0. The van der Waals surface area contributed by atoms with Gasteiger partial charge in [0.1, 0.15) is 0 Å². The minimum atomic E-state index is -1.02. The maximum Gasteiger partial charge on any atom is 0.335 e. The molecule has 2 aliphatic rings. The van der Waals surface area contributed by atoms with Crippen molar-refractivity contribution in [3.05, 3.63) is 35.4 Å². The molecule has 1 amide bonds. The molecule has 0 aliphatic heterocycles. The summed E-state index contributed by atoms with van der Waals surface area (Å²) in [7, 11) is 0. The van der Waals surface area contributed by atoms with Crippen molar-refractivity contribution < 1.29 is 19.4 Å². The maximum absolute atomic E-state index is 12.4. The number of ether oxygens (including phenoxy) is 1. The molecule has 2 saturated carbocycles. The SMILES string of the molecule is CCOC1CC(NC(=O)c2cccc(C(=O)O)c2)C12CCC2. The lowest BCUT2D eigenvalue weighted by molar-refractivity contribution is -0.169. The van der Waals surface area contributed by atoms with Crippen LogP contribution < -0.4 is 5.32 Å². The van der Waals surface area contributed by atoms with Gasteiger partial charge in [-0.2, -0.15) is 0 Å². The molecule has 118 valence electrons. The summed E-state index contributed by atoms with van der Waals surface area (Å²) < 4.78 is 5.77. The summed E-state index contributed by atoms with van der Waals surface area (Å²) in [6.45, 7) is 2.70. The molecular formula is C17H21NO4. The third-order valence-corrected chi connectivity index (χ3v) is 5.11. The van der Waals surface area contributed by atoms with Crippen molar-refractivity contribution in [1.82, 2.24) is 5.32 Å². The second-order valence-corrected chi connectivity index (χ2v) is 6.18. The second-order valence-electron chi connectivity index (χ2n) is 6.18. The van der Waals surface area contributed by atoms with Crippen molar-refractivity contribution in [2.24, 2.45) is 5.41 Å². The predicted molar refractivity (Wildman–Crippen MR) is 81.0 cm³/mol. The monoisotopic (exact) mass is 303 g/mol. The smallest absolute Gasteiger partial charge is 0.335 e. The van der Waals surface area contributed by atoms with E-state index in [-0.39, 0.29) is 29.0 Å². The fourth-order valence-electron chi connectivity index (χ4n) is 3.68. The topological polar surface area (TPSA) is 75.6 Å². The fraction of sp³-hybridized carbons (Fsp3) is 0.529. The molecule has 5 heteroatoms. The van der Waals surface area contributed by atoms with E-state index in [0.717, 1.165) is 19.3 Å². The molecule has 0 aromatic heterocycles. The third kappa shape index (κ3) is 2.39. The number of rotatable bonds is 5. The predicted octanol–water partition coefficient (Wildman–Crippen LogP) is 2.46. The first-order valence-electron chi connectivity index (χ1n) is 7.82. The molecule has 2 N–H and O–H groups in total. The molecule has 1 spiro atoms. The number of carbonyl (C=O) groups excluding carboxylic acids is 1. The minimum absolute atomic E-state index is 0.107. The first kappa shape index (κ1) is 15.0. The Hall–Kier alpha value is -1.88. The molecular weight excluding hydrogens is 282 g/mol. The Balaban J connectivity index is 1.68. The Morgan fingerprint density at radius 1 is 1.36 bits per heavy atom. The lowest BCUT2D eigenvalue weighted by Gasteiger charge is -2.61. The van der Waals surface area contributed by atoms with Gasteiger partial charge in [0.2, 0.25) is 0 Å². The first-order valence-corrected chi connectivity index (χ1v) is 7.82. The van der Waals surface area contributed by atoms with Gasteiger partial charge < -0.3 is 15.2 Å². The average Bonchev–Trinajstić information content (AvgIpc) is 2.44. The van der Waals surface area contributed by atoms with E-state index in [1.54, 1.807) is 12.1 Å². The van der Waals surface area contributed by atoms with E-state index in [1.165, 1.54) is 18.6 Å². The van der Waals surface area contributed by atoms with Crippen LogP contribution in [-0.2, 0) is 4.74 Å². The molecule has 0 radical (unpaired) electrons. The third-order valence-electron chi connectivity index (χ3n) is 5.11. The summed E-state index contributed by atoms with van der Waals surface area (Å²) in [5.41, 5.74) is 0.636. The van der Waals surface area contributed by atoms with Gasteiger partial charge in [-0.25, -0.2) is 4.79 Å². The molecule has 2 atom stereocenters. The molecule has 0 saturated heterocycles. The van der Waals surface area contributed by atoms with Crippen LogP contribution in [0.15, 0.2) is 24.3 Å². The van der Waals surface area contributed by atoms with Crippen LogP contribution in [0.25, 0.3) is 0 Å². The van der Waals surface area contributed by atoms with Gasteiger partial charge in [0.05, 0.1) is 11.7 Å². The molecule has 1 aromatic rings. The quantitative estimate of drug-likeness (QED) is 0.876. The van der Waals surface area contributed by atoms with E-state index >= 15 is 0 Å². The highest BCUT2D eigenvalue weighted by atomic mass is 16.5. The second kappa shape index (κ2) is 5.72. The van der Waals surface area contributed by atoms with E-state index in [1.807, 2.05) is 6.92 Å². The standard InChI is InChI=1S/C17H21NO4/c1-2-22-14-10-13(17(14)7-4-8-17)18-15(19)11-5-3-6-12(9-11)16(20)21/h3,5-6,9,13-14H,2,4,7-8,10H2,1H3,(H,18,19)(H,20,21). The largest absolute Gasteiger partial charge is 0.478 e. The zero-order valence-corrected chi connectivity index (χ0v) is 12.7.